The fourth-order valence-electron chi connectivity index (χ4n) is 2.90. The molecular weight excluding hydrogens is 341 g/mol. The Morgan fingerprint density at radius 3 is 2.69 bits per heavy atom. The van der Waals surface area contributed by atoms with E-state index < -0.39 is 12.0 Å². The molecule has 0 spiro atoms. The summed E-state index contributed by atoms with van der Waals surface area (Å²) in [6, 6.07) is 5.63. The lowest BCUT2D eigenvalue weighted by molar-refractivity contribution is 0.0382. The fourth-order valence-corrected chi connectivity index (χ4v) is 2.90. The summed E-state index contributed by atoms with van der Waals surface area (Å²) in [5.74, 6) is -0.840. The van der Waals surface area contributed by atoms with E-state index in [0.717, 1.165) is 13.1 Å². The first-order valence-electron chi connectivity index (χ1n) is 8.58. The van der Waals surface area contributed by atoms with Crippen LogP contribution in [0.4, 0.5) is 4.39 Å². The van der Waals surface area contributed by atoms with Crippen LogP contribution in [0.1, 0.15) is 29.1 Å². The molecule has 8 heteroatoms. The molecule has 1 aliphatic heterocycles. The normalized spacial score (nSPS) is 16.4. The molecule has 1 saturated heterocycles. The van der Waals surface area contributed by atoms with E-state index in [1.54, 1.807) is 0 Å². The van der Waals surface area contributed by atoms with Crippen molar-refractivity contribution in [3.05, 3.63) is 41.4 Å². The minimum Gasteiger partial charge on any atom is -0.388 e. The Morgan fingerprint density at radius 1 is 1.35 bits per heavy atom. The highest BCUT2D eigenvalue weighted by molar-refractivity contribution is 5.94. The molecule has 2 N–H and O–H groups in total. The number of morpholine rings is 1. The largest absolute Gasteiger partial charge is 0.388 e. The highest BCUT2D eigenvalue weighted by atomic mass is 19.1. The molecule has 1 fully saturated rings. The van der Waals surface area contributed by atoms with E-state index in [-0.39, 0.29) is 11.6 Å². The van der Waals surface area contributed by atoms with Crippen molar-refractivity contribution in [3.8, 4) is 11.3 Å². The third-order valence-corrected chi connectivity index (χ3v) is 4.29. The zero-order chi connectivity index (χ0) is 18.5. The molecule has 0 saturated carbocycles. The van der Waals surface area contributed by atoms with Gasteiger partial charge in [-0.2, -0.15) is 0 Å². The van der Waals surface area contributed by atoms with Gasteiger partial charge in [-0.15, -0.1) is 0 Å². The number of aliphatic hydroxyl groups is 1. The zero-order valence-corrected chi connectivity index (χ0v) is 14.6. The van der Waals surface area contributed by atoms with Gasteiger partial charge in [0.2, 0.25) is 5.76 Å². The lowest BCUT2D eigenvalue weighted by Gasteiger charge is -2.26. The van der Waals surface area contributed by atoms with Crippen molar-refractivity contribution in [3.63, 3.8) is 0 Å². The number of aromatic nitrogens is 1. The number of hydrogen-bond donors (Lipinski definition) is 2. The maximum atomic E-state index is 13.1. The van der Waals surface area contributed by atoms with Gasteiger partial charge in [0, 0.05) is 31.7 Å². The van der Waals surface area contributed by atoms with Crippen molar-refractivity contribution < 1.29 is 23.6 Å². The summed E-state index contributed by atoms with van der Waals surface area (Å²) in [4.78, 5) is 14.6. The van der Waals surface area contributed by atoms with Crippen LogP contribution in [0, 0.1) is 5.82 Å². The third-order valence-electron chi connectivity index (χ3n) is 4.29. The van der Waals surface area contributed by atoms with Gasteiger partial charge in [-0.25, -0.2) is 4.39 Å². The standard InChI is InChI=1S/C18H22FN3O4/c1-12(23)15-16(13-2-4-14(19)5-3-13)21-26-17(15)18(24)20-6-7-22-8-10-25-11-9-22/h2-5,12,23H,6-11H2,1H3,(H,20,24). The first kappa shape index (κ1) is 18.5. The number of nitrogens with zero attached hydrogens (tertiary/aromatic N) is 2. The molecule has 1 unspecified atom stereocenters. The second kappa shape index (κ2) is 8.39. The molecule has 1 atom stereocenters. The van der Waals surface area contributed by atoms with Gasteiger partial charge in [0.1, 0.15) is 11.5 Å². The van der Waals surface area contributed by atoms with Gasteiger partial charge < -0.3 is 19.7 Å². The molecule has 1 amide bonds. The first-order chi connectivity index (χ1) is 12.6. The number of rotatable bonds is 6. The number of nitrogens with one attached hydrogen (secondary N) is 1. The number of ether oxygens (including phenoxy) is 1. The molecule has 26 heavy (non-hydrogen) atoms. The quantitative estimate of drug-likeness (QED) is 0.811. The summed E-state index contributed by atoms with van der Waals surface area (Å²) in [6.07, 6.45) is -0.957. The number of halogens is 1. The summed E-state index contributed by atoms with van der Waals surface area (Å²) < 4.78 is 23.6. The Hall–Kier alpha value is -2.29. The van der Waals surface area contributed by atoms with Crippen LogP contribution in [-0.4, -0.2) is 60.5 Å². The maximum absolute atomic E-state index is 13.1. The molecule has 2 heterocycles. The van der Waals surface area contributed by atoms with E-state index in [1.165, 1.54) is 31.2 Å². The van der Waals surface area contributed by atoms with Gasteiger partial charge in [0.25, 0.3) is 5.91 Å². The molecule has 7 nitrogen and oxygen atoms in total. The van der Waals surface area contributed by atoms with Gasteiger partial charge in [-0.05, 0) is 31.2 Å². The lowest BCUT2D eigenvalue weighted by Crippen LogP contribution is -2.41. The Kier molecular flexibility index (Phi) is 5.97. The molecule has 1 aromatic heterocycles. The smallest absolute Gasteiger partial charge is 0.290 e. The molecule has 0 aliphatic carbocycles. The number of carbonyl (C=O) groups is 1. The third kappa shape index (κ3) is 4.27. The monoisotopic (exact) mass is 363 g/mol. The van der Waals surface area contributed by atoms with Crippen molar-refractivity contribution in [2.45, 2.75) is 13.0 Å². The maximum Gasteiger partial charge on any atom is 0.290 e. The summed E-state index contributed by atoms with van der Waals surface area (Å²) in [5.41, 5.74) is 1.19. The predicted molar refractivity (Wildman–Crippen MR) is 92.1 cm³/mol. The average molecular weight is 363 g/mol. The van der Waals surface area contributed by atoms with Crippen LogP contribution in [-0.2, 0) is 4.74 Å². The molecule has 0 bridgehead atoms. The number of hydrogen-bond acceptors (Lipinski definition) is 6. The van der Waals surface area contributed by atoms with Crippen molar-refractivity contribution in [1.29, 1.82) is 0 Å². The molecular formula is C18H22FN3O4. The number of benzene rings is 1. The Morgan fingerprint density at radius 2 is 2.04 bits per heavy atom. The van der Waals surface area contributed by atoms with Crippen LogP contribution in [0.15, 0.2) is 28.8 Å². The summed E-state index contributed by atoms with van der Waals surface area (Å²) >= 11 is 0. The lowest BCUT2D eigenvalue weighted by atomic mass is 10.0. The molecule has 0 radical (unpaired) electrons. The summed E-state index contributed by atoms with van der Waals surface area (Å²) in [7, 11) is 0. The van der Waals surface area contributed by atoms with Gasteiger partial charge >= 0.3 is 0 Å². The minimum absolute atomic E-state index is 0.0266. The minimum atomic E-state index is -0.957. The first-order valence-corrected chi connectivity index (χ1v) is 8.58. The van der Waals surface area contributed by atoms with Crippen molar-refractivity contribution in [2.24, 2.45) is 0 Å². The predicted octanol–water partition coefficient (Wildman–Crippen LogP) is 1.60. The second-order valence-electron chi connectivity index (χ2n) is 6.17. The SMILES string of the molecule is CC(O)c1c(-c2ccc(F)cc2)noc1C(=O)NCCN1CCOCC1. The number of amides is 1. The highest BCUT2D eigenvalue weighted by Gasteiger charge is 2.26. The summed E-state index contributed by atoms with van der Waals surface area (Å²) in [5, 5.41) is 16.8. The Bertz CT molecular complexity index is 739. The topological polar surface area (TPSA) is 87.8 Å². The van der Waals surface area contributed by atoms with Gasteiger partial charge in [-0.3, -0.25) is 9.69 Å². The van der Waals surface area contributed by atoms with Crippen LogP contribution in [0.5, 0.6) is 0 Å². The summed E-state index contributed by atoms with van der Waals surface area (Å²) in [6.45, 7) is 5.76. The molecule has 140 valence electrons. The molecule has 1 aromatic carbocycles. The number of aliphatic hydroxyl groups excluding tert-OH is 1. The van der Waals surface area contributed by atoms with Crippen LogP contribution in [0.3, 0.4) is 0 Å². The van der Waals surface area contributed by atoms with E-state index >= 15 is 0 Å². The Labute approximate surface area is 150 Å². The van der Waals surface area contributed by atoms with Crippen molar-refractivity contribution in [2.75, 3.05) is 39.4 Å². The van der Waals surface area contributed by atoms with E-state index in [4.69, 9.17) is 9.26 Å². The van der Waals surface area contributed by atoms with Gasteiger partial charge in [0.15, 0.2) is 0 Å². The van der Waals surface area contributed by atoms with Gasteiger partial charge in [-0.1, -0.05) is 5.16 Å². The van der Waals surface area contributed by atoms with Crippen molar-refractivity contribution in [1.82, 2.24) is 15.4 Å². The van der Waals surface area contributed by atoms with Crippen LogP contribution >= 0.6 is 0 Å². The number of carbonyl (C=O) groups excluding carboxylic acids is 1. The highest BCUT2D eigenvalue weighted by Crippen LogP contribution is 2.30. The fraction of sp³-hybridized carbons (Fsp3) is 0.444. The van der Waals surface area contributed by atoms with Crippen LogP contribution < -0.4 is 5.32 Å². The van der Waals surface area contributed by atoms with E-state index in [2.05, 4.69) is 15.4 Å². The van der Waals surface area contributed by atoms with E-state index in [1.807, 2.05) is 0 Å². The van der Waals surface area contributed by atoms with Crippen LogP contribution in [0.25, 0.3) is 11.3 Å². The molecule has 2 aromatic rings. The van der Waals surface area contributed by atoms with Crippen LogP contribution in [0.2, 0.25) is 0 Å². The molecule has 1 aliphatic rings. The second-order valence-corrected chi connectivity index (χ2v) is 6.17. The zero-order valence-electron chi connectivity index (χ0n) is 14.6. The average Bonchev–Trinajstić information content (AvgIpc) is 3.08. The molecule has 3 rings (SSSR count). The Balaban J connectivity index is 1.70. The van der Waals surface area contributed by atoms with E-state index in [0.29, 0.717) is 43.1 Å². The van der Waals surface area contributed by atoms with Gasteiger partial charge in [0.05, 0.1) is 24.9 Å². The van der Waals surface area contributed by atoms with E-state index in [9.17, 15) is 14.3 Å². The van der Waals surface area contributed by atoms with Crippen molar-refractivity contribution >= 4 is 5.91 Å².